The van der Waals surface area contributed by atoms with E-state index in [0.29, 0.717) is 5.82 Å². The van der Waals surface area contributed by atoms with E-state index in [1.165, 1.54) is 11.2 Å². The predicted octanol–water partition coefficient (Wildman–Crippen LogP) is 3.16. The summed E-state index contributed by atoms with van der Waals surface area (Å²) >= 11 is 1.62. The maximum absolute atomic E-state index is 11.4. The number of thiophene rings is 1. The van der Waals surface area contributed by atoms with Crippen LogP contribution in [-0.4, -0.2) is 27.1 Å². The van der Waals surface area contributed by atoms with Crippen molar-refractivity contribution < 1.29 is 9.90 Å². The van der Waals surface area contributed by atoms with Crippen molar-refractivity contribution in [2.45, 2.75) is 39.7 Å². The maximum atomic E-state index is 11.4. The number of rotatable bonds is 6. The average molecular weight is 293 g/mol. The molecule has 20 heavy (non-hydrogen) atoms. The highest BCUT2D eigenvalue weighted by molar-refractivity contribution is 7.18. The fourth-order valence-corrected chi connectivity index (χ4v) is 2.96. The zero-order valence-corrected chi connectivity index (χ0v) is 12.7. The van der Waals surface area contributed by atoms with Crippen LogP contribution in [0.3, 0.4) is 0 Å². The number of hydrogen-bond acceptors (Lipinski definition) is 5. The summed E-state index contributed by atoms with van der Waals surface area (Å²) < 4.78 is 0. The van der Waals surface area contributed by atoms with Gasteiger partial charge >= 0.3 is 5.97 Å². The smallest absolute Gasteiger partial charge is 0.326 e. The Bertz CT molecular complexity index is 611. The van der Waals surface area contributed by atoms with Crippen molar-refractivity contribution in [2.24, 2.45) is 5.92 Å². The lowest BCUT2D eigenvalue weighted by molar-refractivity contribution is -0.139. The number of carbonyl (C=O) groups is 1. The largest absolute Gasteiger partial charge is 0.480 e. The molecule has 2 rings (SSSR count). The summed E-state index contributed by atoms with van der Waals surface area (Å²) in [7, 11) is 0. The van der Waals surface area contributed by atoms with Gasteiger partial charge in [-0.2, -0.15) is 0 Å². The topological polar surface area (TPSA) is 75.1 Å². The highest BCUT2D eigenvalue weighted by atomic mass is 32.1. The van der Waals surface area contributed by atoms with Gasteiger partial charge in [0.2, 0.25) is 0 Å². The third-order valence-electron chi connectivity index (χ3n) is 3.50. The van der Waals surface area contributed by atoms with Gasteiger partial charge in [-0.1, -0.05) is 27.2 Å². The Morgan fingerprint density at radius 3 is 2.80 bits per heavy atom. The lowest BCUT2D eigenvalue weighted by Crippen LogP contribution is -2.35. The molecule has 0 bridgehead atoms. The Balaban J connectivity index is 2.36. The summed E-state index contributed by atoms with van der Waals surface area (Å²) in [6, 6.07) is 1.40. The van der Waals surface area contributed by atoms with E-state index in [4.69, 9.17) is 0 Å². The van der Waals surface area contributed by atoms with Gasteiger partial charge in [-0.25, -0.2) is 14.8 Å². The third kappa shape index (κ3) is 2.90. The number of carboxylic acid groups (broad SMARTS) is 1. The number of fused-ring (bicyclic) bond motifs is 1. The maximum Gasteiger partial charge on any atom is 0.326 e. The Morgan fingerprint density at radius 2 is 2.20 bits per heavy atom. The minimum absolute atomic E-state index is 0.0294. The Morgan fingerprint density at radius 1 is 1.45 bits per heavy atom. The summed E-state index contributed by atoms with van der Waals surface area (Å²) in [5.74, 6) is -0.211. The van der Waals surface area contributed by atoms with Crippen molar-refractivity contribution >= 4 is 33.3 Å². The van der Waals surface area contributed by atoms with E-state index in [1.54, 1.807) is 11.3 Å². The first-order chi connectivity index (χ1) is 9.56. The van der Waals surface area contributed by atoms with Crippen molar-refractivity contribution in [1.29, 1.82) is 0 Å². The lowest BCUT2D eigenvalue weighted by Gasteiger charge is -2.20. The monoisotopic (exact) mass is 293 g/mol. The van der Waals surface area contributed by atoms with E-state index in [0.717, 1.165) is 23.1 Å². The second-order valence-corrected chi connectivity index (χ2v) is 5.97. The molecular weight excluding hydrogens is 274 g/mol. The van der Waals surface area contributed by atoms with Crippen molar-refractivity contribution in [3.05, 3.63) is 17.3 Å². The molecule has 0 fully saturated rings. The number of aliphatic carboxylic acids is 1. The fraction of sp³-hybridized carbons (Fsp3) is 0.500. The molecule has 0 aliphatic carbocycles. The highest BCUT2D eigenvalue weighted by Gasteiger charge is 2.24. The number of nitrogens with zero attached hydrogens (tertiary/aromatic N) is 2. The molecular formula is C14H19N3O2S. The predicted molar refractivity (Wildman–Crippen MR) is 81.3 cm³/mol. The zero-order chi connectivity index (χ0) is 14.7. The first-order valence-electron chi connectivity index (χ1n) is 6.79. The van der Waals surface area contributed by atoms with Gasteiger partial charge in [-0.15, -0.1) is 11.3 Å². The molecule has 2 aromatic rings. The molecule has 0 aliphatic heterocycles. The summed E-state index contributed by atoms with van der Waals surface area (Å²) in [4.78, 5) is 22.0. The van der Waals surface area contributed by atoms with E-state index < -0.39 is 12.0 Å². The number of carboxylic acids is 1. The molecule has 2 aromatic heterocycles. The van der Waals surface area contributed by atoms with Crippen LogP contribution in [0.25, 0.3) is 10.2 Å². The Hall–Kier alpha value is -1.69. The lowest BCUT2D eigenvalue weighted by atomic mass is 9.99. The van der Waals surface area contributed by atoms with Crippen LogP contribution in [0.2, 0.25) is 0 Å². The number of nitrogens with one attached hydrogen (secondary N) is 1. The molecule has 2 heterocycles. The van der Waals surface area contributed by atoms with Crippen molar-refractivity contribution in [3.8, 4) is 0 Å². The highest BCUT2D eigenvalue weighted by Crippen LogP contribution is 2.29. The van der Waals surface area contributed by atoms with Gasteiger partial charge < -0.3 is 10.4 Å². The van der Waals surface area contributed by atoms with Crippen molar-refractivity contribution in [1.82, 2.24) is 9.97 Å². The quantitative estimate of drug-likeness (QED) is 0.855. The second kappa shape index (κ2) is 6.17. The minimum Gasteiger partial charge on any atom is -0.480 e. The van der Waals surface area contributed by atoms with Crippen LogP contribution >= 0.6 is 11.3 Å². The molecule has 0 radical (unpaired) electrons. The van der Waals surface area contributed by atoms with E-state index in [9.17, 15) is 9.90 Å². The summed E-state index contributed by atoms with van der Waals surface area (Å²) in [6.45, 7) is 6.00. The van der Waals surface area contributed by atoms with Gasteiger partial charge in [0.15, 0.2) is 0 Å². The van der Waals surface area contributed by atoms with Gasteiger partial charge in [0, 0.05) is 4.88 Å². The summed E-state index contributed by atoms with van der Waals surface area (Å²) in [5, 5.41) is 13.3. The first-order valence-corrected chi connectivity index (χ1v) is 7.61. The molecule has 108 valence electrons. The van der Waals surface area contributed by atoms with E-state index >= 15 is 0 Å². The molecule has 0 spiro atoms. The van der Waals surface area contributed by atoms with Crippen molar-refractivity contribution in [2.75, 3.05) is 5.32 Å². The zero-order valence-electron chi connectivity index (χ0n) is 11.9. The molecule has 0 saturated carbocycles. The molecule has 0 amide bonds. The van der Waals surface area contributed by atoms with Gasteiger partial charge in [-0.3, -0.25) is 0 Å². The van der Waals surface area contributed by atoms with Crippen LogP contribution in [0.15, 0.2) is 12.4 Å². The number of aromatic nitrogens is 2. The summed E-state index contributed by atoms with van der Waals surface area (Å²) in [5.41, 5.74) is 0. The normalized spacial score (nSPS) is 14.2. The SMILES string of the molecule is CCc1cc2c(N[C@H](C(=O)O)[C@@H](C)CC)ncnc2s1. The molecule has 0 unspecified atom stereocenters. The van der Waals surface area contributed by atoms with E-state index in [1.807, 2.05) is 19.9 Å². The van der Waals surface area contributed by atoms with Crippen LogP contribution in [0.5, 0.6) is 0 Å². The average Bonchev–Trinajstić information content (AvgIpc) is 2.87. The van der Waals surface area contributed by atoms with Gasteiger partial charge in [0.25, 0.3) is 0 Å². The Kier molecular flexibility index (Phi) is 4.54. The number of aryl methyl sites for hydroxylation is 1. The molecule has 6 heteroatoms. The molecule has 0 aliphatic rings. The van der Waals surface area contributed by atoms with Crippen molar-refractivity contribution in [3.63, 3.8) is 0 Å². The molecule has 0 aromatic carbocycles. The summed E-state index contributed by atoms with van der Waals surface area (Å²) in [6.07, 6.45) is 3.21. The third-order valence-corrected chi connectivity index (χ3v) is 4.69. The van der Waals surface area contributed by atoms with Crippen LogP contribution in [-0.2, 0) is 11.2 Å². The van der Waals surface area contributed by atoms with Crippen LogP contribution in [0, 0.1) is 5.92 Å². The fourth-order valence-electron chi connectivity index (χ4n) is 2.03. The molecule has 5 nitrogen and oxygen atoms in total. The Labute approximate surface area is 122 Å². The molecule has 0 saturated heterocycles. The van der Waals surface area contributed by atoms with Gasteiger partial charge in [0.05, 0.1) is 5.39 Å². The molecule has 2 atom stereocenters. The second-order valence-electron chi connectivity index (χ2n) is 4.85. The minimum atomic E-state index is -0.850. The van der Waals surface area contributed by atoms with Gasteiger partial charge in [-0.05, 0) is 18.4 Å². The number of hydrogen-bond donors (Lipinski definition) is 2. The van der Waals surface area contributed by atoms with Crippen LogP contribution < -0.4 is 5.32 Å². The number of anilines is 1. The van der Waals surface area contributed by atoms with E-state index in [-0.39, 0.29) is 5.92 Å². The molecule has 2 N–H and O–H groups in total. The van der Waals surface area contributed by atoms with Crippen LogP contribution in [0.1, 0.15) is 32.1 Å². The van der Waals surface area contributed by atoms with Gasteiger partial charge in [0.1, 0.15) is 23.0 Å². The first kappa shape index (κ1) is 14.7. The van der Waals surface area contributed by atoms with E-state index in [2.05, 4.69) is 22.2 Å². The standard InChI is InChI=1S/C14H19N3O2S/c1-4-8(3)11(14(18)19)17-12-10-6-9(5-2)20-13(10)16-7-15-12/h6-8,11H,4-5H2,1-3H3,(H,18,19)(H,15,16,17)/t8-,11-/m0/s1. The van der Waals surface area contributed by atoms with Crippen LogP contribution in [0.4, 0.5) is 5.82 Å².